The maximum absolute atomic E-state index is 9.13. The molecule has 0 radical (unpaired) electrons. The van der Waals surface area contributed by atoms with E-state index in [1.807, 2.05) is 0 Å². The van der Waals surface area contributed by atoms with Gasteiger partial charge in [-0.3, -0.25) is 0 Å². The van der Waals surface area contributed by atoms with Crippen molar-refractivity contribution in [1.29, 1.82) is 0 Å². The van der Waals surface area contributed by atoms with Crippen LogP contribution in [0, 0.1) is 12.8 Å². The van der Waals surface area contributed by atoms with Crippen molar-refractivity contribution in [2.45, 2.75) is 26.3 Å². The fourth-order valence-corrected chi connectivity index (χ4v) is 2.48. The van der Waals surface area contributed by atoms with E-state index in [4.69, 9.17) is 10.8 Å². The average Bonchev–Trinajstić information content (AvgIpc) is 2.39. The smallest absolute Gasteiger partial charge is 0.0460 e. The van der Waals surface area contributed by atoms with Crippen LogP contribution in [0.1, 0.15) is 24.0 Å². The molecular formula is C14H22N2O. The molecule has 2 rings (SSSR count). The summed E-state index contributed by atoms with van der Waals surface area (Å²) in [5.74, 6) is 0.496. The van der Waals surface area contributed by atoms with E-state index in [0.717, 1.165) is 25.9 Å². The molecule has 17 heavy (non-hydrogen) atoms. The number of rotatable bonds is 3. The fraction of sp³-hybridized carbons (Fsp3) is 0.571. The van der Waals surface area contributed by atoms with Crippen LogP contribution in [0.25, 0.3) is 0 Å². The summed E-state index contributed by atoms with van der Waals surface area (Å²) in [7, 11) is 0. The van der Waals surface area contributed by atoms with Crippen LogP contribution in [0.3, 0.4) is 0 Å². The SMILES string of the molecule is Cc1cc(N2CCC(CO)CC2)ccc1CN. The number of hydrogen-bond donors (Lipinski definition) is 2. The predicted molar refractivity (Wildman–Crippen MR) is 71.1 cm³/mol. The van der Waals surface area contributed by atoms with E-state index >= 15 is 0 Å². The van der Waals surface area contributed by atoms with Crippen molar-refractivity contribution in [1.82, 2.24) is 0 Å². The van der Waals surface area contributed by atoms with Crippen molar-refractivity contribution in [3.05, 3.63) is 29.3 Å². The van der Waals surface area contributed by atoms with E-state index in [0.29, 0.717) is 19.1 Å². The molecule has 0 atom stereocenters. The highest BCUT2D eigenvalue weighted by molar-refractivity contribution is 5.51. The van der Waals surface area contributed by atoms with E-state index in [1.165, 1.54) is 16.8 Å². The Balaban J connectivity index is 2.06. The van der Waals surface area contributed by atoms with Crippen LogP contribution in [0.5, 0.6) is 0 Å². The second kappa shape index (κ2) is 5.52. The highest BCUT2D eigenvalue weighted by Crippen LogP contribution is 2.24. The van der Waals surface area contributed by atoms with Crippen molar-refractivity contribution in [3.8, 4) is 0 Å². The first-order valence-electron chi connectivity index (χ1n) is 6.40. The largest absolute Gasteiger partial charge is 0.396 e. The van der Waals surface area contributed by atoms with E-state index in [1.54, 1.807) is 0 Å². The van der Waals surface area contributed by atoms with Crippen LogP contribution in [-0.4, -0.2) is 24.8 Å². The lowest BCUT2D eigenvalue weighted by atomic mass is 9.97. The molecule has 1 fully saturated rings. The second-order valence-electron chi connectivity index (χ2n) is 4.93. The predicted octanol–water partition coefficient (Wildman–Crippen LogP) is 1.66. The first kappa shape index (κ1) is 12.4. The fourth-order valence-electron chi connectivity index (χ4n) is 2.48. The minimum atomic E-state index is 0.332. The van der Waals surface area contributed by atoms with E-state index in [-0.39, 0.29) is 0 Å². The molecule has 3 N–H and O–H groups in total. The molecule has 1 aliphatic heterocycles. The summed E-state index contributed by atoms with van der Waals surface area (Å²) in [5.41, 5.74) is 9.46. The molecule has 0 bridgehead atoms. The van der Waals surface area contributed by atoms with Gasteiger partial charge in [-0.15, -0.1) is 0 Å². The lowest BCUT2D eigenvalue weighted by Crippen LogP contribution is -2.34. The summed E-state index contributed by atoms with van der Waals surface area (Å²) in [4.78, 5) is 2.40. The van der Waals surface area contributed by atoms with E-state index in [9.17, 15) is 0 Å². The molecule has 0 amide bonds. The molecule has 0 saturated carbocycles. The molecule has 94 valence electrons. The Morgan fingerprint density at radius 2 is 2.06 bits per heavy atom. The maximum Gasteiger partial charge on any atom is 0.0460 e. The number of piperidine rings is 1. The molecule has 0 unspecified atom stereocenters. The lowest BCUT2D eigenvalue weighted by Gasteiger charge is -2.33. The van der Waals surface area contributed by atoms with Crippen LogP contribution in [0.2, 0.25) is 0 Å². The normalized spacial score (nSPS) is 17.5. The number of benzene rings is 1. The number of nitrogens with two attached hydrogens (primary N) is 1. The van der Waals surface area contributed by atoms with Gasteiger partial charge in [0.25, 0.3) is 0 Å². The first-order chi connectivity index (χ1) is 8.24. The number of aryl methyl sites for hydroxylation is 1. The molecule has 3 heteroatoms. The summed E-state index contributed by atoms with van der Waals surface area (Å²) in [6.07, 6.45) is 2.18. The second-order valence-corrected chi connectivity index (χ2v) is 4.93. The van der Waals surface area contributed by atoms with Crippen molar-refractivity contribution >= 4 is 5.69 Å². The lowest BCUT2D eigenvalue weighted by molar-refractivity contribution is 0.203. The standard InChI is InChI=1S/C14H22N2O/c1-11-8-14(3-2-13(11)9-15)16-6-4-12(10-17)5-7-16/h2-3,8,12,17H,4-7,9-10,15H2,1H3. The summed E-state index contributed by atoms with van der Waals surface area (Å²) in [6.45, 7) is 5.16. The van der Waals surface area contributed by atoms with Gasteiger partial charge in [0.1, 0.15) is 0 Å². The zero-order chi connectivity index (χ0) is 12.3. The summed E-state index contributed by atoms with van der Waals surface area (Å²) in [6, 6.07) is 6.51. The minimum absolute atomic E-state index is 0.332. The zero-order valence-electron chi connectivity index (χ0n) is 10.5. The Bertz CT molecular complexity index is 370. The topological polar surface area (TPSA) is 49.5 Å². The van der Waals surface area contributed by atoms with Gasteiger partial charge in [-0.2, -0.15) is 0 Å². The van der Waals surface area contributed by atoms with E-state index in [2.05, 4.69) is 30.0 Å². The van der Waals surface area contributed by atoms with Crippen LogP contribution in [0.15, 0.2) is 18.2 Å². The van der Waals surface area contributed by atoms with Crippen LogP contribution < -0.4 is 10.6 Å². The molecule has 1 aliphatic rings. The number of hydrogen-bond acceptors (Lipinski definition) is 3. The van der Waals surface area contributed by atoms with Gasteiger partial charge >= 0.3 is 0 Å². The van der Waals surface area contributed by atoms with Gasteiger partial charge in [0.15, 0.2) is 0 Å². The molecule has 1 aromatic rings. The monoisotopic (exact) mass is 234 g/mol. The third kappa shape index (κ3) is 2.79. The Hall–Kier alpha value is -1.06. The van der Waals surface area contributed by atoms with Crippen molar-refractivity contribution < 1.29 is 5.11 Å². The van der Waals surface area contributed by atoms with Crippen LogP contribution in [-0.2, 0) is 6.54 Å². The third-order valence-corrected chi connectivity index (χ3v) is 3.78. The Morgan fingerprint density at radius 1 is 1.35 bits per heavy atom. The molecule has 0 aromatic heterocycles. The summed E-state index contributed by atoms with van der Waals surface area (Å²) in [5, 5.41) is 9.13. The Morgan fingerprint density at radius 3 is 2.59 bits per heavy atom. The summed E-state index contributed by atoms with van der Waals surface area (Å²) < 4.78 is 0. The quantitative estimate of drug-likeness (QED) is 0.836. The molecule has 1 saturated heterocycles. The Labute approximate surface area is 103 Å². The maximum atomic E-state index is 9.13. The van der Waals surface area contributed by atoms with Gasteiger partial charge in [-0.05, 0) is 48.9 Å². The first-order valence-corrected chi connectivity index (χ1v) is 6.40. The molecule has 1 heterocycles. The van der Waals surface area contributed by atoms with Gasteiger partial charge in [-0.1, -0.05) is 6.07 Å². The van der Waals surface area contributed by atoms with Gasteiger partial charge in [0.05, 0.1) is 0 Å². The minimum Gasteiger partial charge on any atom is -0.396 e. The zero-order valence-corrected chi connectivity index (χ0v) is 10.5. The number of nitrogens with zero attached hydrogens (tertiary/aromatic N) is 1. The molecule has 0 spiro atoms. The molecule has 0 aliphatic carbocycles. The van der Waals surface area contributed by atoms with Crippen molar-refractivity contribution in [2.75, 3.05) is 24.6 Å². The van der Waals surface area contributed by atoms with Crippen LogP contribution in [0.4, 0.5) is 5.69 Å². The highest BCUT2D eigenvalue weighted by Gasteiger charge is 2.18. The summed E-state index contributed by atoms with van der Waals surface area (Å²) >= 11 is 0. The number of aliphatic hydroxyl groups is 1. The third-order valence-electron chi connectivity index (χ3n) is 3.78. The number of aliphatic hydroxyl groups excluding tert-OH is 1. The Kier molecular flexibility index (Phi) is 4.02. The molecular weight excluding hydrogens is 212 g/mol. The van der Waals surface area contributed by atoms with Crippen LogP contribution >= 0.6 is 0 Å². The van der Waals surface area contributed by atoms with Crippen molar-refractivity contribution in [2.24, 2.45) is 11.7 Å². The number of anilines is 1. The van der Waals surface area contributed by atoms with Gasteiger partial charge < -0.3 is 15.7 Å². The van der Waals surface area contributed by atoms with Gasteiger partial charge in [-0.25, -0.2) is 0 Å². The highest BCUT2D eigenvalue weighted by atomic mass is 16.3. The van der Waals surface area contributed by atoms with E-state index < -0.39 is 0 Å². The average molecular weight is 234 g/mol. The molecule has 3 nitrogen and oxygen atoms in total. The molecule has 1 aromatic carbocycles. The van der Waals surface area contributed by atoms with Gasteiger partial charge in [0.2, 0.25) is 0 Å². The van der Waals surface area contributed by atoms with Gasteiger partial charge in [0, 0.05) is 31.9 Å². The van der Waals surface area contributed by atoms with Crippen molar-refractivity contribution in [3.63, 3.8) is 0 Å².